The Hall–Kier alpha value is -2.28. The zero-order valence-electron chi connectivity index (χ0n) is 15.4. The fraction of sp³-hybridized carbons (Fsp3) is 0.556. The van der Waals surface area contributed by atoms with E-state index in [1.165, 1.54) is 12.6 Å². The average Bonchev–Trinajstić information content (AvgIpc) is 2.61. The van der Waals surface area contributed by atoms with Crippen molar-refractivity contribution in [2.75, 3.05) is 26.8 Å². The summed E-state index contributed by atoms with van der Waals surface area (Å²) in [6.07, 6.45) is 0.856. The van der Waals surface area contributed by atoms with E-state index in [2.05, 4.69) is 16.7 Å². The third-order valence-corrected chi connectivity index (χ3v) is 4.47. The van der Waals surface area contributed by atoms with Gasteiger partial charge >= 0.3 is 6.03 Å². The van der Waals surface area contributed by atoms with E-state index in [0.29, 0.717) is 19.8 Å². The third-order valence-electron chi connectivity index (χ3n) is 4.47. The van der Waals surface area contributed by atoms with Gasteiger partial charge in [-0.3, -0.25) is 10.1 Å². The predicted octanol–water partition coefficient (Wildman–Crippen LogP) is 0.269. The number of rotatable bonds is 6. The molecule has 25 heavy (non-hydrogen) atoms. The van der Waals surface area contributed by atoms with Gasteiger partial charge in [-0.25, -0.2) is 4.79 Å². The van der Waals surface area contributed by atoms with Crippen molar-refractivity contribution >= 4 is 11.9 Å². The maximum Gasteiger partial charge on any atom is 0.321 e. The fourth-order valence-corrected chi connectivity index (χ4v) is 3.04. The number of urea groups is 1. The van der Waals surface area contributed by atoms with Gasteiger partial charge in [0, 0.05) is 19.0 Å². The van der Waals surface area contributed by atoms with Crippen molar-refractivity contribution in [3.63, 3.8) is 0 Å². The molecule has 0 saturated carbocycles. The average molecular weight is 350 g/mol. The quantitative estimate of drug-likeness (QED) is 0.688. The summed E-state index contributed by atoms with van der Waals surface area (Å²) >= 11 is 0. The molecule has 0 aromatic heterocycles. The molecule has 1 aliphatic heterocycles. The highest BCUT2D eigenvalue weighted by Crippen LogP contribution is 2.32. The summed E-state index contributed by atoms with van der Waals surface area (Å²) in [5, 5.41) is 4.75. The topological polar surface area (TPSA) is 81.1 Å². The molecule has 0 spiro atoms. The fourth-order valence-electron chi connectivity index (χ4n) is 3.04. The highest BCUT2D eigenvalue weighted by atomic mass is 16.5. The Bertz CT molecular complexity index is 633. The van der Waals surface area contributed by atoms with Crippen LogP contribution in [0, 0.1) is 0 Å². The van der Waals surface area contributed by atoms with Crippen LogP contribution in [0.25, 0.3) is 0 Å². The van der Waals surface area contributed by atoms with Crippen LogP contribution in [0.15, 0.2) is 12.1 Å². The standard InChI is InChI=1S/C18H27N3O4/c1-5-24-15-9-13-7-8-21(11-14(13)10-16(15)25-6-2)12(3)17(22)20-18(23)19-4/h9-10,12H,5-8,11H2,1-4H3,(H2,19,20,22,23)/p+1/t12-/m0/s1. The van der Waals surface area contributed by atoms with Crippen molar-refractivity contribution in [1.29, 1.82) is 0 Å². The molecule has 7 heteroatoms. The van der Waals surface area contributed by atoms with Gasteiger partial charge in [-0.05, 0) is 38.5 Å². The predicted molar refractivity (Wildman–Crippen MR) is 94.1 cm³/mol. The largest absolute Gasteiger partial charge is 0.490 e. The van der Waals surface area contributed by atoms with E-state index in [1.807, 2.05) is 26.8 Å². The van der Waals surface area contributed by atoms with Crippen LogP contribution in [0.3, 0.4) is 0 Å². The number of ether oxygens (including phenoxy) is 2. The molecule has 1 aliphatic rings. The van der Waals surface area contributed by atoms with Gasteiger partial charge in [0.05, 0.1) is 19.8 Å². The lowest BCUT2D eigenvalue weighted by molar-refractivity contribution is -0.929. The van der Waals surface area contributed by atoms with Crippen LogP contribution in [0.2, 0.25) is 0 Å². The minimum Gasteiger partial charge on any atom is -0.490 e. The van der Waals surface area contributed by atoms with Crippen LogP contribution in [-0.2, 0) is 17.8 Å². The zero-order chi connectivity index (χ0) is 18.4. The van der Waals surface area contributed by atoms with E-state index in [9.17, 15) is 9.59 Å². The van der Waals surface area contributed by atoms with Crippen molar-refractivity contribution in [3.05, 3.63) is 23.3 Å². The maximum absolute atomic E-state index is 12.2. The Morgan fingerprint density at radius 3 is 2.32 bits per heavy atom. The lowest BCUT2D eigenvalue weighted by Gasteiger charge is -2.30. The molecule has 0 saturated heterocycles. The molecular formula is C18H28N3O4+. The normalized spacial score (nSPS) is 17.2. The van der Waals surface area contributed by atoms with Crippen molar-refractivity contribution < 1.29 is 24.0 Å². The second-order valence-corrected chi connectivity index (χ2v) is 6.06. The van der Waals surface area contributed by atoms with Crippen molar-refractivity contribution in [3.8, 4) is 11.5 Å². The molecule has 3 N–H and O–H groups in total. The maximum atomic E-state index is 12.2. The number of carbonyl (C=O) groups excluding carboxylic acids is 2. The Kier molecular flexibility index (Phi) is 6.64. The molecule has 0 radical (unpaired) electrons. The van der Waals surface area contributed by atoms with Crippen molar-refractivity contribution in [1.82, 2.24) is 10.6 Å². The minimum atomic E-state index is -0.478. The first-order chi connectivity index (χ1) is 12.0. The lowest BCUT2D eigenvalue weighted by Crippen LogP contribution is -3.16. The summed E-state index contributed by atoms with van der Waals surface area (Å²) in [5.74, 6) is 1.25. The monoisotopic (exact) mass is 350 g/mol. The van der Waals surface area contributed by atoms with E-state index in [-0.39, 0.29) is 11.9 Å². The van der Waals surface area contributed by atoms with Gasteiger partial charge in [-0.2, -0.15) is 0 Å². The highest BCUT2D eigenvalue weighted by molar-refractivity contribution is 5.96. The Balaban J connectivity index is 2.15. The molecule has 3 amide bonds. The molecule has 7 nitrogen and oxygen atoms in total. The number of benzene rings is 1. The van der Waals surface area contributed by atoms with Gasteiger partial charge in [0.25, 0.3) is 5.91 Å². The van der Waals surface area contributed by atoms with E-state index >= 15 is 0 Å². The first-order valence-corrected chi connectivity index (χ1v) is 8.78. The third kappa shape index (κ3) is 4.63. The van der Waals surface area contributed by atoms with Gasteiger partial charge in [0.15, 0.2) is 17.5 Å². The number of hydrogen-bond donors (Lipinski definition) is 3. The molecule has 1 aromatic carbocycles. The number of carbonyl (C=O) groups is 2. The number of fused-ring (bicyclic) bond motifs is 1. The summed E-state index contributed by atoms with van der Waals surface area (Å²) in [5.41, 5.74) is 2.39. The van der Waals surface area contributed by atoms with Crippen molar-refractivity contribution in [2.45, 2.75) is 39.8 Å². The molecule has 1 heterocycles. The lowest BCUT2D eigenvalue weighted by atomic mass is 9.97. The van der Waals surface area contributed by atoms with Crippen LogP contribution in [-0.4, -0.2) is 44.8 Å². The Morgan fingerprint density at radius 1 is 1.16 bits per heavy atom. The molecular weight excluding hydrogens is 322 g/mol. The van der Waals surface area contributed by atoms with Crippen LogP contribution >= 0.6 is 0 Å². The van der Waals surface area contributed by atoms with E-state index in [0.717, 1.165) is 34.9 Å². The second kappa shape index (κ2) is 8.71. The summed E-state index contributed by atoms with van der Waals surface area (Å²) < 4.78 is 11.4. The van der Waals surface area contributed by atoms with E-state index in [4.69, 9.17) is 9.47 Å². The zero-order valence-corrected chi connectivity index (χ0v) is 15.4. The van der Waals surface area contributed by atoms with E-state index in [1.54, 1.807) is 0 Å². The number of nitrogens with one attached hydrogen (secondary N) is 3. The summed E-state index contributed by atoms with van der Waals surface area (Å²) in [6, 6.07) is 3.28. The molecule has 1 aromatic rings. The Labute approximate surface area is 148 Å². The highest BCUT2D eigenvalue weighted by Gasteiger charge is 2.30. The molecule has 0 aliphatic carbocycles. The van der Waals surface area contributed by atoms with E-state index < -0.39 is 6.03 Å². The van der Waals surface area contributed by atoms with Gasteiger partial charge in [-0.1, -0.05) is 0 Å². The van der Waals surface area contributed by atoms with Crippen LogP contribution in [0.5, 0.6) is 11.5 Å². The van der Waals surface area contributed by atoms with Gasteiger partial charge in [0.2, 0.25) is 0 Å². The number of amides is 3. The SMILES string of the molecule is CCOc1cc2c(cc1OCC)C[NH+]([C@@H](C)C(=O)NC(=O)NC)CC2. The van der Waals surface area contributed by atoms with Gasteiger partial charge in [0.1, 0.15) is 6.54 Å². The number of hydrogen-bond acceptors (Lipinski definition) is 4. The van der Waals surface area contributed by atoms with Gasteiger partial charge in [-0.15, -0.1) is 0 Å². The van der Waals surface area contributed by atoms with Crippen LogP contribution in [0.1, 0.15) is 31.9 Å². The van der Waals surface area contributed by atoms with Crippen molar-refractivity contribution in [2.24, 2.45) is 0 Å². The Morgan fingerprint density at radius 2 is 1.76 bits per heavy atom. The molecule has 1 unspecified atom stereocenters. The first-order valence-electron chi connectivity index (χ1n) is 8.78. The second-order valence-electron chi connectivity index (χ2n) is 6.06. The molecule has 138 valence electrons. The van der Waals surface area contributed by atoms with Gasteiger partial charge < -0.3 is 19.7 Å². The first kappa shape index (κ1) is 19.1. The van der Waals surface area contributed by atoms with Crippen LogP contribution in [0.4, 0.5) is 4.79 Å². The number of quaternary nitrogens is 1. The summed E-state index contributed by atoms with van der Waals surface area (Å²) in [6.45, 7) is 8.44. The minimum absolute atomic E-state index is 0.270. The van der Waals surface area contributed by atoms with Crippen LogP contribution < -0.4 is 25.0 Å². The molecule has 0 fully saturated rings. The molecule has 2 rings (SSSR count). The number of imide groups is 1. The molecule has 0 bridgehead atoms. The summed E-state index contributed by atoms with van der Waals surface area (Å²) in [4.78, 5) is 24.7. The summed E-state index contributed by atoms with van der Waals surface area (Å²) in [7, 11) is 1.49. The smallest absolute Gasteiger partial charge is 0.321 e. The molecule has 2 atom stereocenters.